The second-order valence-corrected chi connectivity index (χ2v) is 6.42. The van der Waals surface area contributed by atoms with Crippen LogP contribution in [0.1, 0.15) is 51.1 Å². The van der Waals surface area contributed by atoms with E-state index in [4.69, 9.17) is 4.42 Å². The summed E-state index contributed by atoms with van der Waals surface area (Å²) < 4.78 is 7.07. The summed E-state index contributed by atoms with van der Waals surface area (Å²) in [6.07, 6.45) is 5.10. The van der Waals surface area contributed by atoms with Crippen molar-refractivity contribution in [3.05, 3.63) is 34.3 Å². The lowest BCUT2D eigenvalue weighted by atomic mass is 9.77. The SMILES string of the molecule is CCn1c(=O)oc2cc(C(NC)C3(C)CCCC3)ccc21. The molecule has 1 N–H and O–H groups in total. The van der Waals surface area contributed by atoms with E-state index in [1.54, 1.807) is 4.57 Å². The van der Waals surface area contributed by atoms with Gasteiger partial charge in [-0.1, -0.05) is 25.8 Å². The predicted molar refractivity (Wildman–Crippen MR) is 84.5 cm³/mol. The topological polar surface area (TPSA) is 47.2 Å². The minimum atomic E-state index is -0.266. The molecular weight excluding hydrogens is 264 g/mol. The highest BCUT2D eigenvalue weighted by molar-refractivity contribution is 5.74. The van der Waals surface area contributed by atoms with Gasteiger partial charge in [0.25, 0.3) is 0 Å². The van der Waals surface area contributed by atoms with Crippen molar-refractivity contribution >= 4 is 11.1 Å². The van der Waals surface area contributed by atoms with Crippen LogP contribution in [0.3, 0.4) is 0 Å². The molecule has 1 heterocycles. The molecule has 1 aromatic carbocycles. The molecule has 4 heteroatoms. The number of benzene rings is 1. The van der Waals surface area contributed by atoms with Gasteiger partial charge in [-0.15, -0.1) is 0 Å². The van der Waals surface area contributed by atoms with Crippen LogP contribution in [-0.2, 0) is 6.54 Å². The van der Waals surface area contributed by atoms with Crippen LogP contribution in [0.25, 0.3) is 11.1 Å². The molecule has 0 radical (unpaired) electrons. The number of hydrogen-bond donors (Lipinski definition) is 1. The number of aromatic nitrogens is 1. The van der Waals surface area contributed by atoms with Gasteiger partial charge in [0.1, 0.15) is 0 Å². The van der Waals surface area contributed by atoms with Crippen LogP contribution in [0.2, 0.25) is 0 Å². The highest BCUT2D eigenvalue weighted by Crippen LogP contribution is 2.47. The normalized spacial score (nSPS) is 19.2. The third-order valence-corrected chi connectivity index (χ3v) is 5.07. The average Bonchev–Trinajstić information content (AvgIpc) is 3.02. The van der Waals surface area contributed by atoms with E-state index in [9.17, 15) is 4.79 Å². The monoisotopic (exact) mass is 288 g/mol. The van der Waals surface area contributed by atoms with Crippen molar-refractivity contribution in [2.24, 2.45) is 5.41 Å². The minimum Gasteiger partial charge on any atom is -0.408 e. The summed E-state index contributed by atoms with van der Waals surface area (Å²) in [6, 6.07) is 6.49. The number of aryl methyl sites for hydroxylation is 1. The third-order valence-electron chi connectivity index (χ3n) is 5.07. The highest BCUT2D eigenvalue weighted by Gasteiger charge is 2.37. The Kier molecular flexibility index (Phi) is 3.66. The minimum absolute atomic E-state index is 0.266. The third kappa shape index (κ3) is 2.31. The quantitative estimate of drug-likeness (QED) is 0.937. The number of rotatable bonds is 4. The standard InChI is InChI=1S/C17H24N2O2/c1-4-19-13-8-7-12(11-14(13)21-16(19)20)15(18-3)17(2)9-5-6-10-17/h7-8,11,15,18H,4-6,9-10H2,1-3H3. The molecule has 0 bridgehead atoms. The lowest BCUT2D eigenvalue weighted by Crippen LogP contribution is -2.32. The lowest BCUT2D eigenvalue weighted by Gasteiger charge is -2.34. The molecule has 2 aromatic rings. The molecule has 1 aliphatic rings. The first-order chi connectivity index (χ1) is 10.1. The molecule has 1 aliphatic carbocycles. The maximum Gasteiger partial charge on any atom is 0.419 e. The molecule has 1 aromatic heterocycles. The summed E-state index contributed by atoms with van der Waals surface area (Å²) in [5, 5.41) is 3.47. The fraction of sp³-hybridized carbons (Fsp3) is 0.588. The van der Waals surface area contributed by atoms with Crippen LogP contribution in [0.5, 0.6) is 0 Å². The summed E-state index contributed by atoms with van der Waals surface area (Å²) >= 11 is 0. The van der Waals surface area contributed by atoms with E-state index in [0.717, 1.165) is 5.52 Å². The van der Waals surface area contributed by atoms with Gasteiger partial charge >= 0.3 is 5.76 Å². The molecule has 0 amide bonds. The molecule has 1 atom stereocenters. The molecular formula is C17H24N2O2. The van der Waals surface area contributed by atoms with Gasteiger partial charge in [-0.25, -0.2) is 4.79 Å². The molecule has 21 heavy (non-hydrogen) atoms. The fourth-order valence-corrected chi connectivity index (χ4v) is 3.95. The van der Waals surface area contributed by atoms with E-state index in [-0.39, 0.29) is 11.2 Å². The van der Waals surface area contributed by atoms with E-state index in [0.29, 0.717) is 18.2 Å². The van der Waals surface area contributed by atoms with Crippen molar-refractivity contribution in [1.29, 1.82) is 0 Å². The first-order valence-electron chi connectivity index (χ1n) is 7.89. The number of nitrogens with zero attached hydrogens (tertiary/aromatic N) is 1. The lowest BCUT2D eigenvalue weighted by molar-refractivity contribution is 0.234. The van der Waals surface area contributed by atoms with Gasteiger partial charge in [0, 0.05) is 12.6 Å². The summed E-state index contributed by atoms with van der Waals surface area (Å²) in [6.45, 7) is 4.96. The van der Waals surface area contributed by atoms with Gasteiger partial charge in [-0.3, -0.25) is 4.57 Å². The summed E-state index contributed by atoms with van der Waals surface area (Å²) in [5.74, 6) is -0.266. The van der Waals surface area contributed by atoms with Crippen LogP contribution in [0.15, 0.2) is 27.4 Å². The summed E-state index contributed by atoms with van der Waals surface area (Å²) in [5.41, 5.74) is 3.08. The molecule has 1 fully saturated rings. The molecule has 0 aliphatic heterocycles. The Morgan fingerprint density at radius 1 is 1.38 bits per heavy atom. The number of nitrogens with one attached hydrogen (secondary N) is 1. The van der Waals surface area contributed by atoms with Crippen LogP contribution in [0, 0.1) is 5.41 Å². The van der Waals surface area contributed by atoms with Crippen molar-refractivity contribution in [3.63, 3.8) is 0 Å². The van der Waals surface area contributed by atoms with E-state index in [2.05, 4.69) is 18.3 Å². The van der Waals surface area contributed by atoms with Crippen LogP contribution < -0.4 is 11.1 Å². The van der Waals surface area contributed by atoms with E-state index in [1.807, 2.05) is 26.1 Å². The predicted octanol–water partition coefficient (Wildman–Crippen LogP) is 3.46. The zero-order valence-corrected chi connectivity index (χ0v) is 13.1. The summed E-state index contributed by atoms with van der Waals surface area (Å²) in [4.78, 5) is 11.8. The fourth-order valence-electron chi connectivity index (χ4n) is 3.95. The Hall–Kier alpha value is -1.55. The molecule has 1 saturated carbocycles. The van der Waals surface area contributed by atoms with E-state index < -0.39 is 0 Å². The van der Waals surface area contributed by atoms with Crippen LogP contribution in [0.4, 0.5) is 0 Å². The second kappa shape index (κ2) is 5.34. The van der Waals surface area contributed by atoms with Crippen molar-refractivity contribution < 1.29 is 4.42 Å². The second-order valence-electron chi connectivity index (χ2n) is 6.42. The largest absolute Gasteiger partial charge is 0.419 e. The van der Waals surface area contributed by atoms with Gasteiger partial charge in [0.05, 0.1) is 5.52 Å². The van der Waals surface area contributed by atoms with Gasteiger partial charge in [-0.05, 0) is 49.9 Å². The van der Waals surface area contributed by atoms with Gasteiger partial charge in [0.2, 0.25) is 0 Å². The number of hydrogen-bond acceptors (Lipinski definition) is 3. The zero-order valence-electron chi connectivity index (χ0n) is 13.1. The smallest absolute Gasteiger partial charge is 0.408 e. The molecule has 1 unspecified atom stereocenters. The highest BCUT2D eigenvalue weighted by atomic mass is 16.4. The van der Waals surface area contributed by atoms with Gasteiger partial charge in [0.15, 0.2) is 5.58 Å². The number of fused-ring (bicyclic) bond motifs is 1. The van der Waals surface area contributed by atoms with E-state index in [1.165, 1.54) is 31.2 Å². The van der Waals surface area contributed by atoms with Crippen LogP contribution >= 0.6 is 0 Å². The maximum absolute atomic E-state index is 11.8. The first-order valence-corrected chi connectivity index (χ1v) is 7.89. The zero-order chi connectivity index (χ0) is 15.0. The Morgan fingerprint density at radius 2 is 2.10 bits per heavy atom. The van der Waals surface area contributed by atoms with Crippen LogP contribution in [-0.4, -0.2) is 11.6 Å². The van der Waals surface area contributed by atoms with Crippen molar-refractivity contribution in [2.45, 2.75) is 52.1 Å². The molecule has 0 saturated heterocycles. The van der Waals surface area contributed by atoms with Crippen molar-refractivity contribution in [1.82, 2.24) is 9.88 Å². The van der Waals surface area contributed by atoms with Crippen molar-refractivity contribution in [3.8, 4) is 0 Å². The average molecular weight is 288 g/mol. The maximum atomic E-state index is 11.8. The number of oxazole rings is 1. The van der Waals surface area contributed by atoms with Gasteiger partial charge in [-0.2, -0.15) is 0 Å². The Bertz CT molecular complexity index is 692. The Labute approximate surface area is 125 Å². The Balaban J connectivity index is 2.05. The molecule has 0 spiro atoms. The van der Waals surface area contributed by atoms with Gasteiger partial charge < -0.3 is 9.73 Å². The molecule has 3 rings (SSSR count). The summed E-state index contributed by atoms with van der Waals surface area (Å²) in [7, 11) is 2.02. The first kappa shape index (κ1) is 14.4. The Morgan fingerprint density at radius 3 is 2.71 bits per heavy atom. The van der Waals surface area contributed by atoms with Crippen molar-refractivity contribution in [2.75, 3.05) is 7.05 Å². The van der Waals surface area contributed by atoms with E-state index >= 15 is 0 Å². The molecule has 114 valence electrons. The molecule has 4 nitrogen and oxygen atoms in total.